The average molecular weight is 344 g/mol. The van der Waals surface area contributed by atoms with E-state index in [1.165, 1.54) is 35.2 Å². The zero-order chi connectivity index (χ0) is 14.8. The first-order valence-corrected chi connectivity index (χ1v) is 8.62. The number of rotatable bonds is 3. The molecule has 0 radical (unpaired) electrons. The number of hydrogen-bond donors (Lipinski definition) is 1. The lowest BCUT2D eigenvalue weighted by atomic mass is 9.81. The van der Waals surface area contributed by atoms with Crippen molar-refractivity contribution in [3.63, 3.8) is 0 Å². The van der Waals surface area contributed by atoms with Crippen LogP contribution in [-0.2, 0) is 6.42 Å². The average Bonchev–Trinajstić information content (AvgIpc) is 2.52. The highest BCUT2D eigenvalue weighted by Gasteiger charge is 2.24. The monoisotopic (exact) mass is 343 g/mol. The number of aryl methyl sites for hydroxylation is 1. The molecule has 1 aliphatic rings. The van der Waals surface area contributed by atoms with Gasteiger partial charge in [-0.25, -0.2) is 0 Å². The Kier molecular flexibility index (Phi) is 4.34. The Morgan fingerprint density at radius 2 is 1.86 bits per heavy atom. The molecule has 0 saturated carbocycles. The lowest BCUT2D eigenvalue weighted by Crippen LogP contribution is -2.19. The number of fused-ring (bicyclic) bond motifs is 1. The minimum atomic E-state index is 0.434. The third kappa shape index (κ3) is 3.01. The van der Waals surface area contributed by atoms with Gasteiger partial charge in [-0.05, 0) is 60.1 Å². The molecule has 0 saturated heterocycles. The molecule has 2 heteroatoms. The normalized spacial score (nSPS) is 20.9. The summed E-state index contributed by atoms with van der Waals surface area (Å²) in [5, 5.41) is 3.78. The summed E-state index contributed by atoms with van der Waals surface area (Å²) in [5.41, 5.74) is 5.63. The first-order chi connectivity index (χ1) is 10.2. The van der Waals surface area contributed by atoms with Crippen molar-refractivity contribution < 1.29 is 0 Å². The van der Waals surface area contributed by atoms with Crippen molar-refractivity contribution in [2.75, 3.05) is 5.32 Å². The van der Waals surface area contributed by atoms with E-state index in [1.54, 1.807) is 0 Å². The van der Waals surface area contributed by atoms with Crippen LogP contribution in [0.15, 0.2) is 46.9 Å². The van der Waals surface area contributed by atoms with Gasteiger partial charge in [0.25, 0.3) is 0 Å². The summed E-state index contributed by atoms with van der Waals surface area (Å²) in [6.07, 6.45) is 3.51. The van der Waals surface area contributed by atoms with Crippen LogP contribution in [-0.4, -0.2) is 0 Å². The van der Waals surface area contributed by atoms with Crippen LogP contribution < -0.4 is 5.32 Å². The molecule has 2 unspecified atom stereocenters. The summed E-state index contributed by atoms with van der Waals surface area (Å²) in [6.45, 7) is 4.55. The quantitative estimate of drug-likeness (QED) is 0.713. The first kappa shape index (κ1) is 14.6. The highest BCUT2D eigenvalue weighted by atomic mass is 79.9. The van der Waals surface area contributed by atoms with Gasteiger partial charge in [0.2, 0.25) is 0 Å². The van der Waals surface area contributed by atoms with E-state index in [2.05, 4.69) is 77.6 Å². The van der Waals surface area contributed by atoms with Gasteiger partial charge < -0.3 is 5.32 Å². The Hall–Kier alpha value is -1.28. The molecule has 3 rings (SSSR count). The molecular weight excluding hydrogens is 322 g/mol. The maximum Gasteiger partial charge on any atom is 0.0516 e. The first-order valence-electron chi connectivity index (χ1n) is 7.82. The summed E-state index contributed by atoms with van der Waals surface area (Å²) >= 11 is 3.57. The van der Waals surface area contributed by atoms with E-state index in [0.29, 0.717) is 12.0 Å². The molecule has 0 aromatic heterocycles. The maximum absolute atomic E-state index is 3.78. The lowest BCUT2D eigenvalue weighted by molar-refractivity contribution is 0.534. The largest absolute Gasteiger partial charge is 0.378 e. The van der Waals surface area contributed by atoms with E-state index < -0.39 is 0 Å². The molecule has 1 aliphatic carbocycles. The smallest absolute Gasteiger partial charge is 0.0516 e. The summed E-state index contributed by atoms with van der Waals surface area (Å²) in [5.74, 6) is 0.676. The Morgan fingerprint density at radius 1 is 1.10 bits per heavy atom. The van der Waals surface area contributed by atoms with Crippen molar-refractivity contribution in [2.24, 2.45) is 0 Å². The Labute approximate surface area is 135 Å². The minimum Gasteiger partial charge on any atom is -0.378 e. The van der Waals surface area contributed by atoms with Crippen LogP contribution in [0.2, 0.25) is 0 Å². The molecule has 2 atom stereocenters. The van der Waals surface area contributed by atoms with E-state index in [0.717, 1.165) is 10.9 Å². The number of benzene rings is 2. The van der Waals surface area contributed by atoms with Crippen LogP contribution in [0.1, 0.15) is 55.3 Å². The van der Waals surface area contributed by atoms with Crippen LogP contribution >= 0.6 is 15.9 Å². The molecule has 0 aliphatic heterocycles. The molecule has 0 amide bonds. The predicted molar refractivity (Wildman–Crippen MR) is 94.0 cm³/mol. The number of halogens is 1. The van der Waals surface area contributed by atoms with Crippen LogP contribution in [0.5, 0.6) is 0 Å². The number of nitrogens with one attached hydrogen (secondary N) is 1. The number of anilines is 1. The summed E-state index contributed by atoms with van der Waals surface area (Å²) in [7, 11) is 0. The van der Waals surface area contributed by atoms with Gasteiger partial charge in [0, 0.05) is 10.2 Å². The Morgan fingerprint density at radius 3 is 2.62 bits per heavy atom. The van der Waals surface area contributed by atoms with Gasteiger partial charge in [-0.3, -0.25) is 0 Å². The molecular formula is C19H22BrN. The number of hydrogen-bond acceptors (Lipinski definition) is 1. The van der Waals surface area contributed by atoms with Gasteiger partial charge in [-0.1, -0.05) is 54.0 Å². The molecule has 2 aromatic carbocycles. The zero-order valence-electron chi connectivity index (χ0n) is 12.7. The lowest BCUT2D eigenvalue weighted by Gasteiger charge is -2.31. The molecule has 0 heterocycles. The van der Waals surface area contributed by atoms with Crippen molar-refractivity contribution in [1.29, 1.82) is 0 Å². The third-order valence-corrected chi connectivity index (χ3v) is 5.06. The summed E-state index contributed by atoms with van der Waals surface area (Å²) < 4.78 is 1.16. The fourth-order valence-corrected chi connectivity index (χ4v) is 3.75. The molecule has 0 spiro atoms. The second-order valence-electron chi connectivity index (χ2n) is 5.96. The zero-order valence-corrected chi connectivity index (χ0v) is 14.3. The van der Waals surface area contributed by atoms with Crippen LogP contribution in [0.25, 0.3) is 0 Å². The van der Waals surface area contributed by atoms with Crippen LogP contribution in [0.4, 0.5) is 5.69 Å². The maximum atomic E-state index is 3.78. The van der Waals surface area contributed by atoms with Gasteiger partial charge in [0.1, 0.15) is 0 Å². The van der Waals surface area contributed by atoms with Crippen molar-refractivity contribution >= 4 is 21.6 Å². The molecule has 0 bridgehead atoms. The fraction of sp³-hybridized carbons (Fsp3) is 0.368. The van der Waals surface area contributed by atoms with E-state index in [9.17, 15) is 0 Å². The SMILES string of the molecule is CCc1cc(Br)ccc1NC1CCC(C)c2ccccc21. The third-order valence-electron chi connectivity index (χ3n) is 4.57. The van der Waals surface area contributed by atoms with Gasteiger partial charge in [0.15, 0.2) is 0 Å². The van der Waals surface area contributed by atoms with Gasteiger partial charge in [-0.15, -0.1) is 0 Å². The van der Waals surface area contributed by atoms with Crippen molar-refractivity contribution in [3.8, 4) is 0 Å². The van der Waals surface area contributed by atoms with Gasteiger partial charge in [0.05, 0.1) is 6.04 Å². The van der Waals surface area contributed by atoms with Crippen LogP contribution in [0, 0.1) is 0 Å². The Bertz CT molecular complexity index is 635. The van der Waals surface area contributed by atoms with Crippen molar-refractivity contribution in [1.82, 2.24) is 0 Å². The van der Waals surface area contributed by atoms with Crippen LogP contribution in [0.3, 0.4) is 0 Å². The predicted octanol–water partition coefficient (Wildman–Crippen LogP) is 6.06. The fourth-order valence-electron chi connectivity index (χ4n) is 3.34. The van der Waals surface area contributed by atoms with Gasteiger partial charge in [-0.2, -0.15) is 0 Å². The second kappa shape index (κ2) is 6.23. The summed E-state index contributed by atoms with van der Waals surface area (Å²) in [4.78, 5) is 0. The molecule has 110 valence electrons. The van der Waals surface area contributed by atoms with E-state index in [4.69, 9.17) is 0 Å². The molecule has 2 aromatic rings. The highest BCUT2D eigenvalue weighted by Crippen LogP contribution is 2.39. The molecule has 1 N–H and O–H groups in total. The minimum absolute atomic E-state index is 0.434. The topological polar surface area (TPSA) is 12.0 Å². The summed E-state index contributed by atoms with van der Waals surface area (Å²) in [6, 6.07) is 15.9. The van der Waals surface area contributed by atoms with Crippen molar-refractivity contribution in [2.45, 2.75) is 45.1 Å². The highest BCUT2D eigenvalue weighted by molar-refractivity contribution is 9.10. The molecule has 21 heavy (non-hydrogen) atoms. The van der Waals surface area contributed by atoms with E-state index in [-0.39, 0.29) is 0 Å². The Balaban J connectivity index is 1.91. The molecule has 1 nitrogen and oxygen atoms in total. The van der Waals surface area contributed by atoms with E-state index >= 15 is 0 Å². The second-order valence-corrected chi connectivity index (χ2v) is 6.87. The molecule has 0 fully saturated rings. The standard InChI is InChI=1S/C19H22BrN/c1-3-14-12-15(20)9-11-18(14)21-19-10-8-13(2)16-6-4-5-7-17(16)19/h4-7,9,11-13,19,21H,3,8,10H2,1-2H3. The van der Waals surface area contributed by atoms with Crippen molar-refractivity contribution in [3.05, 3.63) is 63.6 Å². The van der Waals surface area contributed by atoms with E-state index in [1.807, 2.05) is 0 Å². The van der Waals surface area contributed by atoms with Gasteiger partial charge >= 0.3 is 0 Å².